The molecule has 7 heteroatoms. The van der Waals surface area contributed by atoms with Gasteiger partial charge in [-0.1, -0.05) is 0 Å². The number of thiazole rings is 1. The maximum atomic E-state index is 13.1. The van der Waals surface area contributed by atoms with Crippen LogP contribution in [0, 0.1) is 15.9 Å². The summed E-state index contributed by atoms with van der Waals surface area (Å²) in [5.74, 6) is -0.607. The van der Waals surface area contributed by atoms with Crippen LogP contribution in [-0.2, 0) is 19.3 Å². The molecule has 0 atom stereocenters. The van der Waals surface area contributed by atoms with Gasteiger partial charge >= 0.3 is 0 Å². The standard InChI is InChI=1S/C15H16FN3O2S/c16-10-5-6-11(13(9-10)19(20)21)17-8-7-15-18-12-3-1-2-4-14(12)22-15/h5-6,9,17H,1-4,7-8H2. The number of benzene rings is 1. The number of nitrogens with zero attached hydrogens (tertiary/aromatic N) is 2. The van der Waals surface area contributed by atoms with Crippen LogP contribution >= 0.6 is 11.3 Å². The zero-order valence-electron chi connectivity index (χ0n) is 12.0. The van der Waals surface area contributed by atoms with E-state index in [1.165, 1.54) is 35.5 Å². The minimum atomic E-state index is -0.607. The summed E-state index contributed by atoms with van der Waals surface area (Å²) in [6.07, 6.45) is 5.32. The van der Waals surface area contributed by atoms with E-state index < -0.39 is 10.7 Å². The highest BCUT2D eigenvalue weighted by molar-refractivity contribution is 7.11. The SMILES string of the molecule is O=[N+]([O-])c1cc(F)ccc1NCCc1nc2c(s1)CCCC2. The van der Waals surface area contributed by atoms with Gasteiger partial charge in [0, 0.05) is 17.8 Å². The Kier molecular flexibility index (Phi) is 4.33. The second kappa shape index (κ2) is 6.39. The molecule has 1 N–H and O–H groups in total. The van der Waals surface area contributed by atoms with Crippen LogP contribution in [0.2, 0.25) is 0 Å². The van der Waals surface area contributed by atoms with Gasteiger partial charge in [0.15, 0.2) is 0 Å². The number of rotatable bonds is 5. The number of fused-ring (bicyclic) bond motifs is 1. The first-order valence-corrected chi connectivity index (χ1v) is 8.10. The molecular weight excluding hydrogens is 305 g/mol. The molecule has 0 spiro atoms. The van der Waals surface area contributed by atoms with Crippen LogP contribution in [0.25, 0.3) is 0 Å². The number of nitro benzene ring substituents is 1. The summed E-state index contributed by atoms with van der Waals surface area (Å²) >= 11 is 1.74. The summed E-state index contributed by atoms with van der Waals surface area (Å²) < 4.78 is 13.1. The first kappa shape index (κ1) is 14.9. The Morgan fingerprint density at radius 3 is 2.95 bits per heavy atom. The molecule has 116 valence electrons. The van der Waals surface area contributed by atoms with Crippen molar-refractivity contribution in [2.75, 3.05) is 11.9 Å². The molecule has 1 aliphatic carbocycles. The lowest BCUT2D eigenvalue weighted by atomic mass is 10.0. The second-order valence-corrected chi connectivity index (χ2v) is 6.45. The molecule has 1 heterocycles. The van der Waals surface area contributed by atoms with Crippen molar-refractivity contribution in [1.29, 1.82) is 0 Å². The van der Waals surface area contributed by atoms with Crippen molar-refractivity contribution in [1.82, 2.24) is 4.98 Å². The van der Waals surface area contributed by atoms with E-state index in [4.69, 9.17) is 0 Å². The van der Waals surface area contributed by atoms with Crippen molar-refractivity contribution < 1.29 is 9.31 Å². The third-order valence-electron chi connectivity index (χ3n) is 3.70. The molecule has 0 unspecified atom stereocenters. The quantitative estimate of drug-likeness (QED) is 0.673. The molecular formula is C15H16FN3O2S. The van der Waals surface area contributed by atoms with Gasteiger partial charge in [-0.3, -0.25) is 10.1 Å². The molecule has 0 bridgehead atoms. The largest absolute Gasteiger partial charge is 0.379 e. The lowest BCUT2D eigenvalue weighted by Gasteiger charge is -2.06. The molecule has 0 amide bonds. The van der Waals surface area contributed by atoms with Crippen molar-refractivity contribution in [3.63, 3.8) is 0 Å². The summed E-state index contributed by atoms with van der Waals surface area (Å²) in [7, 11) is 0. The minimum Gasteiger partial charge on any atom is -0.379 e. The maximum Gasteiger partial charge on any atom is 0.295 e. The summed E-state index contributed by atoms with van der Waals surface area (Å²) in [5, 5.41) is 15.0. The fraction of sp³-hybridized carbons (Fsp3) is 0.400. The highest BCUT2D eigenvalue weighted by atomic mass is 32.1. The van der Waals surface area contributed by atoms with Crippen molar-refractivity contribution in [2.45, 2.75) is 32.1 Å². The van der Waals surface area contributed by atoms with Crippen molar-refractivity contribution in [2.24, 2.45) is 0 Å². The average Bonchev–Trinajstić information content (AvgIpc) is 2.91. The highest BCUT2D eigenvalue weighted by Gasteiger charge is 2.16. The number of halogens is 1. The van der Waals surface area contributed by atoms with Crippen LogP contribution in [0.3, 0.4) is 0 Å². The number of nitro groups is 1. The molecule has 0 fully saturated rings. The van der Waals surface area contributed by atoms with E-state index in [-0.39, 0.29) is 5.69 Å². The van der Waals surface area contributed by atoms with Gasteiger partial charge < -0.3 is 5.32 Å². The van der Waals surface area contributed by atoms with Crippen molar-refractivity contribution in [3.8, 4) is 0 Å². The molecule has 0 saturated heterocycles. The van der Waals surface area contributed by atoms with E-state index in [1.807, 2.05) is 0 Å². The van der Waals surface area contributed by atoms with Gasteiger partial charge in [-0.05, 0) is 37.8 Å². The van der Waals surface area contributed by atoms with Crippen LogP contribution in [0.4, 0.5) is 15.8 Å². The normalized spacial score (nSPS) is 13.7. The van der Waals surface area contributed by atoms with E-state index in [0.717, 1.165) is 23.9 Å². The summed E-state index contributed by atoms with van der Waals surface area (Å²) in [4.78, 5) is 16.4. The van der Waals surface area contributed by atoms with Crippen LogP contribution < -0.4 is 5.32 Å². The Bertz CT molecular complexity index is 679. The van der Waals surface area contributed by atoms with E-state index in [2.05, 4.69) is 10.3 Å². The van der Waals surface area contributed by atoms with Gasteiger partial charge in [0.25, 0.3) is 5.69 Å². The van der Waals surface area contributed by atoms with Crippen molar-refractivity contribution in [3.05, 3.63) is 49.7 Å². The van der Waals surface area contributed by atoms with Crippen molar-refractivity contribution >= 4 is 22.7 Å². The fourth-order valence-corrected chi connectivity index (χ4v) is 3.78. The predicted octanol–water partition coefficient (Wildman–Crippen LogP) is 3.72. The molecule has 0 radical (unpaired) electrons. The van der Waals surface area contributed by atoms with E-state index in [0.29, 0.717) is 18.7 Å². The first-order chi connectivity index (χ1) is 10.6. The van der Waals surface area contributed by atoms with Gasteiger partial charge in [-0.2, -0.15) is 0 Å². The highest BCUT2D eigenvalue weighted by Crippen LogP contribution is 2.28. The maximum absolute atomic E-state index is 13.1. The Morgan fingerprint density at radius 2 is 2.18 bits per heavy atom. The smallest absolute Gasteiger partial charge is 0.295 e. The third kappa shape index (κ3) is 3.24. The second-order valence-electron chi connectivity index (χ2n) is 5.28. The molecule has 2 aromatic rings. The Morgan fingerprint density at radius 1 is 1.36 bits per heavy atom. The van der Waals surface area contributed by atoms with Gasteiger partial charge in [0.1, 0.15) is 11.5 Å². The van der Waals surface area contributed by atoms with Gasteiger partial charge in [0.05, 0.1) is 21.7 Å². The monoisotopic (exact) mass is 321 g/mol. The topological polar surface area (TPSA) is 68.1 Å². The first-order valence-electron chi connectivity index (χ1n) is 7.29. The van der Waals surface area contributed by atoms with Gasteiger partial charge in [-0.25, -0.2) is 9.37 Å². The lowest BCUT2D eigenvalue weighted by Crippen LogP contribution is -2.07. The summed E-state index contributed by atoms with van der Waals surface area (Å²) in [6, 6.07) is 3.56. The van der Waals surface area contributed by atoms with E-state index >= 15 is 0 Å². The minimum absolute atomic E-state index is 0.238. The number of nitrogens with one attached hydrogen (secondary N) is 1. The Labute approximate surface area is 131 Å². The van der Waals surface area contributed by atoms with Crippen LogP contribution in [0.1, 0.15) is 28.4 Å². The average molecular weight is 321 g/mol. The zero-order chi connectivity index (χ0) is 15.5. The number of aryl methyl sites for hydroxylation is 2. The molecule has 1 aromatic heterocycles. The number of aromatic nitrogens is 1. The summed E-state index contributed by atoms with van der Waals surface area (Å²) in [5.41, 5.74) is 1.32. The van der Waals surface area contributed by atoms with Crippen LogP contribution in [-0.4, -0.2) is 16.5 Å². The molecule has 5 nitrogen and oxygen atoms in total. The van der Waals surface area contributed by atoms with Crippen LogP contribution in [0.5, 0.6) is 0 Å². The van der Waals surface area contributed by atoms with E-state index in [1.54, 1.807) is 11.3 Å². The van der Waals surface area contributed by atoms with Crippen LogP contribution in [0.15, 0.2) is 18.2 Å². The number of hydrogen-bond acceptors (Lipinski definition) is 5. The number of anilines is 1. The summed E-state index contributed by atoms with van der Waals surface area (Å²) in [6.45, 7) is 0.541. The molecule has 3 rings (SSSR count). The van der Waals surface area contributed by atoms with Gasteiger partial charge in [0.2, 0.25) is 0 Å². The zero-order valence-corrected chi connectivity index (χ0v) is 12.8. The Balaban J connectivity index is 1.63. The molecule has 1 aromatic carbocycles. The fourth-order valence-electron chi connectivity index (χ4n) is 2.62. The molecule has 1 aliphatic rings. The molecule has 0 aliphatic heterocycles. The molecule has 22 heavy (non-hydrogen) atoms. The Hall–Kier alpha value is -2.02. The van der Waals surface area contributed by atoms with Gasteiger partial charge in [-0.15, -0.1) is 11.3 Å². The third-order valence-corrected chi connectivity index (χ3v) is 4.92. The lowest BCUT2D eigenvalue weighted by molar-refractivity contribution is -0.384. The molecule has 0 saturated carbocycles. The predicted molar refractivity (Wildman–Crippen MR) is 84.0 cm³/mol. The van der Waals surface area contributed by atoms with E-state index in [9.17, 15) is 14.5 Å². The number of hydrogen-bond donors (Lipinski definition) is 1.